The van der Waals surface area contributed by atoms with E-state index in [0.29, 0.717) is 0 Å². The second-order valence-corrected chi connectivity index (χ2v) is 4.54. The molecule has 0 amide bonds. The summed E-state index contributed by atoms with van der Waals surface area (Å²) in [5, 5.41) is 0. The molecule has 0 saturated carbocycles. The van der Waals surface area contributed by atoms with E-state index >= 15 is 0 Å². The first-order chi connectivity index (χ1) is 8.00. The zero-order valence-electron chi connectivity index (χ0n) is 9.62. The molecule has 0 spiro atoms. The van der Waals surface area contributed by atoms with Crippen molar-refractivity contribution in [2.75, 3.05) is 0 Å². The molecule has 0 N–H and O–H groups in total. The molecule has 0 aromatic rings. The van der Waals surface area contributed by atoms with Crippen LogP contribution in [0.4, 0.5) is 0 Å². The van der Waals surface area contributed by atoms with Gasteiger partial charge < -0.3 is 0 Å². The van der Waals surface area contributed by atoms with E-state index in [0.717, 1.165) is 0 Å². The topological polar surface area (TPSA) is 369 Å². The molecular weight excluding hydrogens is 448 g/mol. The molecule has 0 rings (SSSR count). The molecule has 0 aliphatic rings. The maximum Gasteiger partial charge on any atom is 3.00 e. The van der Waals surface area contributed by atoms with Gasteiger partial charge in [0.2, 0.25) is 0 Å². The summed E-state index contributed by atoms with van der Waals surface area (Å²) < 4.78 is 136. The van der Waals surface area contributed by atoms with E-state index in [1.165, 1.54) is 0 Å². The predicted octanol–water partition coefficient (Wildman–Crippen LogP) is -22.4. The average molecular weight is 448 g/mol. The molecule has 128 valence electrons. The summed E-state index contributed by atoms with van der Waals surface area (Å²) in [6.45, 7) is 0. The Balaban J connectivity index is -0.0000000376. The van der Waals surface area contributed by atoms with Gasteiger partial charge in [-0.25, -0.2) is 74.5 Å². The van der Waals surface area contributed by atoms with Gasteiger partial charge in [0.1, 0.15) is 0 Å². The molecule has 0 radical (unpaired) electrons. The van der Waals surface area contributed by atoms with Crippen LogP contribution in [0, 0.1) is 41.0 Å². The largest absolute Gasteiger partial charge is 3.00 e. The van der Waals surface area contributed by atoms with Gasteiger partial charge in [-0.3, -0.25) is 0 Å². The van der Waals surface area contributed by atoms with Crippen molar-refractivity contribution >= 4 is 8.41 Å². The van der Waals surface area contributed by atoms with Gasteiger partial charge in [0.15, 0.2) is 0 Å². The first-order valence-electron chi connectivity index (χ1n) is 2.47. The van der Waals surface area contributed by atoms with Crippen LogP contribution in [0.5, 0.6) is 0 Å². The first kappa shape index (κ1) is 39.3. The van der Waals surface area contributed by atoms with Gasteiger partial charge in [-0.2, -0.15) is 0 Å². The summed E-state index contributed by atoms with van der Waals surface area (Å²) in [7, 11) is -19.8. The van der Waals surface area contributed by atoms with E-state index in [-0.39, 0.29) is 59.8 Å². The minimum atomic E-state index is -4.94. The molecule has 22 heavy (non-hydrogen) atoms. The predicted molar refractivity (Wildman–Crippen MR) is 5.75 cm³/mol. The van der Waals surface area contributed by atoms with E-state index in [9.17, 15) is 0 Å². The molecule has 0 aromatic carbocycles. The van der Waals surface area contributed by atoms with Gasteiger partial charge in [-0.15, -0.1) is 41.0 Å². The van der Waals surface area contributed by atoms with Crippen LogP contribution in [-0.2, 0) is 0 Å². The van der Waals surface area contributed by atoms with Crippen molar-refractivity contribution in [2.45, 2.75) is 0 Å². The van der Waals surface area contributed by atoms with Crippen molar-refractivity contribution in [1.29, 1.82) is 0 Å². The molecule has 0 atom stereocenters. The minimum absolute atomic E-state index is 0. The number of rotatable bonds is 0. The molecular formula is BCl4KO16. The third-order valence-electron chi connectivity index (χ3n) is 0. The van der Waals surface area contributed by atoms with Crippen molar-refractivity contribution in [2.24, 2.45) is 0 Å². The van der Waals surface area contributed by atoms with Gasteiger partial charge in [-0.05, 0) is 0 Å². The van der Waals surface area contributed by atoms with Crippen molar-refractivity contribution in [3.8, 4) is 0 Å². The van der Waals surface area contributed by atoms with Crippen LogP contribution < -0.4 is 126 Å². The Morgan fingerprint density at radius 2 is 0.273 bits per heavy atom. The first-order valence-corrected chi connectivity index (χ1v) is 7.41. The van der Waals surface area contributed by atoms with Crippen LogP contribution in [0.1, 0.15) is 0 Å². The van der Waals surface area contributed by atoms with Crippen LogP contribution >= 0.6 is 0 Å². The Labute approximate surface area is 173 Å². The maximum absolute atomic E-state index is 8.49. The van der Waals surface area contributed by atoms with Crippen molar-refractivity contribution in [3.63, 3.8) is 0 Å². The summed E-state index contributed by atoms with van der Waals surface area (Å²) in [5.74, 6) is 0. The number of halogens is 4. The van der Waals surface area contributed by atoms with Crippen LogP contribution in [0.2, 0.25) is 0 Å². The SMILES string of the molecule is [B+3].[K+].[O-][Cl+3]([O-])([O-])[O-].[O-][Cl+3]([O-])([O-])[O-].[O-][Cl+3]([O-])([O-])[O-].[O-][Cl+3]([O-])([O-])[O-]. The van der Waals surface area contributed by atoms with E-state index in [4.69, 9.17) is 74.5 Å². The molecule has 0 bridgehead atoms. The Morgan fingerprint density at radius 3 is 0.273 bits per heavy atom. The summed E-state index contributed by atoms with van der Waals surface area (Å²) in [5.41, 5.74) is 0. The van der Waals surface area contributed by atoms with Gasteiger partial charge in [0.05, 0.1) is 0 Å². The fraction of sp³-hybridized carbons (Fsp3) is 0. The van der Waals surface area contributed by atoms with Crippen LogP contribution in [0.25, 0.3) is 0 Å². The monoisotopic (exact) mass is 446 g/mol. The second-order valence-electron chi connectivity index (χ2n) is 1.51. The van der Waals surface area contributed by atoms with E-state index in [1.54, 1.807) is 0 Å². The zero-order valence-corrected chi connectivity index (χ0v) is 15.8. The molecule has 0 unspecified atom stereocenters. The van der Waals surface area contributed by atoms with E-state index < -0.39 is 41.0 Å². The Kier molecular flexibility index (Phi) is 29.8. The van der Waals surface area contributed by atoms with Crippen molar-refractivity contribution in [3.05, 3.63) is 0 Å². The quantitative estimate of drug-likeness (QED) is 0.310. The second kappa shape index (κ2) is 16.7. The molecule has 0 aromatic heterocycles. The summed E-state index contributed by atoms with van der Waals surface area (Å²) in [6, 6.07) is 0. The third kappa shape index (κ3) is 2030. The Hall–Kier alpha value is 2.22. The van der Waals surface area contributed by atoms with Crippen LogP contribution in [0.3, 0.4) is 0 Å². The standard InChI is InChI=1S/B.4ClHO4.K/c;4*2-1(3,4)5;/h;4*(H,2,3,4,5);/q+3;;;;;+1/p-4. The third-order valence-corrected chi connectivity index (χ3v) is 0. The zero-order chi connectivity index (χ0) is 18.0. The fourth-order valence-electron chi connectivity index (χ4n) is 0. The van der Waals surface area contributed by atoms with Crippen molar-refractivity contribution in [1.82, 2.24) is 0 Å². The van der Waals surface area contributed by atoms with Crippen molar-refractivity contribution < 1.29 is 167 Å². The van der Waals surface area contributed by atoms with Gasteiger partial charge in [0, 0.05) is 0 Å². The number of hydrogen-bond acceptors (Lipinski definition) is 16. The van der Waals surface area contributed by atoms with Gasteiger partial charge >= 0.3 is 59.8 Å². The summed E-state index contributed by atoms with van der Waals surface area (Å²) in [6.07, 6.45) is 0. The average Bonchev–Trinajstić information content (AvgIpc) is 1.62. The summed E-state index contributed by atoms with van der Waals surface area (Å²) in [4.78, 5) is 0. The molecule has 22 heteroatoms. The Morgan fingerprint density at radius 1 is 0.273 bits per heavy atom. The fourth-order valence-corrected chi connectivity index (χ4v) is 0. The molecule has 0 saturated heterocycles. The molecule has 0 aliphatic carbocycles. The Bertz CT molecular complexity index is 136. The maximum atomic E-state index is 8.49. The molecule has 0 fully saturated rings. The van der Waals surface area contributed by atoms with E-state index in [2.05, 4.69) is 0 Å². The van der Waals surface area contributed by atoms with Gasteiger partial charge in [0.25, 0.3) is 0 Å². The van der Waals surface area contributed by atoms with Crippen LogP contribution in [0.15, 0.2) is 0 Å². The molecule has 0 aliphatic heterocycles. The summed E-state index contributed by atoms with van der Waals surface area (Å²) >= 11 is 0. The number of hydrogen-bond donors (Lipinski definition) is 0. The van der Waals surface area contributed by atoms with E-state index in [1.807, 2.05) is 0 Å². The molecule has 0 heterocycles. The van der Waals surface area contributed by atoms with Gasteiger partial charge in [-0.1, -0.05) is 0 Å². The van der Waals surface area contributed by atoms with Crippen LogP contribution in [-0.4, -0.2) is 8.41 Å². The molecule has 16 nitrogen and oxygen atoms in total. The smallest absolute Gasteiger partial charge is 0.222 e. The minimum Gasteiger partial charge on any atom is -0.222 e. The normalized spacial score (nSPS) is 10.9.